The average molecular weight is 340 g/mol. The number of piperidine rings is 1. The number of unbranched alkanes of at least 4 members (excludes halogenated alkanes) is 2. The van der Waals surface area contributed by atoms with Crippen LogP contribution in [-0.4, -0.2) is 35.3 Å². The quantitative estimate of drug-likeness (QED) is 0.727. The minimum atomic E-state index is -0.0643. The van der Waals surface area contributed by atoms with E-state index < -0.39 is 0 Å². The highest BCUT2D eigenvalue weighted by atomic mass is 16.1. The van der Waals surface area contributed by atoms with Crippen LogP contribution in [0.15, 0.2) is 42.6 Å². The van der Waals surface area contributed by atoms with Crippen molar-refractivity contribution in [1.82, 2.24) is 20.4 Å². The zero-order valence-corrected chi connectivity index (χ0v) is 14.8. The zero-order chi connectivity index (χ0) is 17.3. The van der Waals surface area contributed by atoms with Crippen LogP contribution in [0, 0.1) is 0 Å². The summed E-state index contributed by atoms with van der Waals surface area (Å²) in [4.78, 5) is 12.2. The Morgan fingerprint density at radius 3 is 2.88 bits per heavy atom. The number of nitrogens with one attached hydrogen (secondary N) is 2. The van der Waals surface area contributed by atoms with Gasteiger partial charge in [-0.1, -0.05) is 36.8 Å². The van der Waals surface area contributed by atoms with E-state index in [4.69, 9.17) is 0 Å². The van der Waals surface area contributed by atoms with Gasteiger partial charge in [-0.25, -0.2) is 0 Å². The number of carbonyl (C=O) groups is 1. The van der Waals surface area contributed by atoms with Crippen LogP contribution in [-0.2, 0) is 6.42 Å². The Morgan fingerprint density at radius 2 is 2.08 bits per heavy atom. The summed E-state index contributed by atoms with van der Waals surface area (Å²) in [5, 5.41) is 10.8. The van der Waals surface area contributed by atoms with Crippen molar-refractivity contribution in [3.8, 4) is 0 Å². The van der Waals surface area contributed by atoms with Gasteiger partial charge in [-0.05, 0) is 50.3 Å². The summed E-state index contributed by atoms with van der Waals surface area (Å²) >= 11 is 0. The van der Waals surface area contributed by atoms with Crippen molar-refractivity contribution in [2.45, 2.75) is 44.6 Å². The maximum Gasteiger partial charge on any atom is 0.271 e. The second kappa shape index (κ2) is 9.37. The molecule has 2 aromatic rings. The van der Waals surface area contributed by atoms with Gasteiger partial charge in [0, 0.05) is 19.3 Å². The number of benzene rings is 1. The van der Waals surface area contributed by atoms with Gasteiger partial charge < -0.3 is 10.6 Å². The van der Waals surface area contributed by atoms with Crippen molar-refractivity contribution in [3.05, 3.63) is 53.9 Å². The lowest BCUT2D eigenvalue weighted by Gasteiger charge is -2.22. The maximum absolute atomic E-state index is 12.2. The third-order valence-electron chi connectivity index (χ3n) is 4.76. The molecule has 1 aliphatic rings. The van der Waals surface area contributed by atoms with Crippen LogP contribution in [0.5, 0.6) is 0 Å². The van der Waals surface area contributed by atoms with Gasteiger partial charge >= 0.3 is 0 Å². The molecule has 1 aliphatic heterocycles. The van der Waals surface area contributed by atoms with Crippen molar-refractivity contribution in [2.75, 3.05) is 19.6 Å². The highest BCUT2D eigenvalue weighted by molar-refractivity contribution is 5.92. The first kappa shape index (κ1) is 17.7. The lowest BCUT2D eigenvalue weighted by molar-refractivity contribution is 0.0946. The van der Waals surface area contributed by atoms with Gasteiger partial charge in [0.25, 0.3) is 5.91 Å². The van der Waals surface area contributed by atoms with Gasteiger partial charge in [0.05, 0.1) is 6.04 Å². The molecule has 0 saturated carbocycles. The van der Waals surface area contributed by atoms with E-state index in [1.807, 2.05) is 23.0 Å². The maximum atomic E-state index is 12.2. The lowest BCUT2D eigenvalue weighted by atomic mass is 10.1. The Bertz CT molecular complexity index is 647. The summed E-state index contributed by atoms with van der Waals surface area (Å²) in [7, 11) is 0. The molecule has 5 heteroatoms. The summed E-state index contributed by atoms with van der Waals surface area (Å²) < 4.78 is 1.93. The number of hydrogen-bond donors (Lipinski definition) is 2. The van der Waals surface area contributed by atoms with Crippen molar-refractivity contribution in [1.29, 1.82) is 0 Å². The van der Waals surface area contributed by atoms with E-state index in [-0.39, 0.29) is 5.91 Å². The summed E-state index contributed by atoms with van der Waals surface area (Å²) in [6.45, 7) is 2.73. The fourth-order valence-corrected chi connectivity index (χ4v) is 3.29. The van der Waals surface area contributed by atoms with E-state index in [2.05, 4.69) is 40.0 Å². The van der Waals surface area contributed by atoms with Crippen LogP contribution >= 0.6 is 0 Å². The first-order valence-corrected chi connectivity index (χ1v) is 9.41. The van der Waals surface area contributed by atoms with Crippen LogP contribution in [0.4, 0.5) is 0 Å². The third-order valence-corrected chi connectivity index (χ3v) is 4.76. The molecule has 2 heterocycles. The molecule has 1 atom stereocenters. The van der Waals surface area contributed by atoms with Gasteiger partial charge in [-0.15, -0.1) is 0 Å². The van der Waals surface area contributed by atoms with E-state index in [9.17, 15) is 4.79 Å². The molecule has 0 bridgehead atoms. The van der Waals surface area contributed by atoms with E-state index in [0.717, 1.165) is 51.6 Å². The predicted octanol–water partition coefficient (Wildman–Crippen LogP) is 2.95. The fourth-order valence-electron chi connectivity index (χ4n) is 3.29. The van der Waals surface area contributed by atoms with Crippen molar-refractivity contribution >= 4 is 5.91 Å². The van der Waals surface area contributed by atoms with Crippen LogP contribution in [0.3, 0.4) is 0 Å². The van der Waals surface area contributed by atoms with Gasteiger partial charge in [-0.2, -0.15) is 5.10 Å². The number of hydrogen-bond acceptors (Lipinski definition) is 3. The first-order valence-electron chi connectivity index (χ1n) is 9.41. The largest absolute Gasteiger partial charge is 0.351 e. The smallest absolute Gasteiger partial charge is 0.271 e. The molecule has 3 rings (SSSR count). The molecule has 2 N–H and O–H groups in total. The van der Waals surface area contributed by atoms with Crippen LogP contribution < -0.4 is 10.6 Å². The monoisotopic (exact) mass is 340 g/mol. The number of amides is 1. The third kappa shape index (κ3) is 5.43. The molecular formula is C20H28N4O. The first-order chi connectivity index (χ1) is 12.3. The Kier molecular flexibility index (Phi) is 6.63. The molecule has 5 nitrogen and oxygen atoms in total. The molecule has 1 saturated heterocycles. The molecule has 0 radical (unpaired) electrons. The summed E-state index contributed by atoms with van der Waals surface area (Å²) in [5.74, 6) is -0.0643. The van der Waals surface area contributed by atoms with E-state index in [1.54, 1.807) is 0 Å². The van der Waals surface area contributed by atoms with Gasteiger partial charge in [0.1, 0.15) is 5.69 Å². The number of carbonyl (C=O) groups excluding carboxylic acids is 1. The molecule has 1 unspecified atom stereocenters. The average Bonchev–Trinajstić information content (AvgIpc) is 3.16. The zero-order valence-electron chi connectivity index (χ0n) is 14.8. The van der Waals surface area contributed by atoms with E-state index in [0.29, 0.717) is 18.3 Å². The molecule has 25 heavy (non-hydrogen) atoms. The molecule has 0 aliphatic carbocycles. The van der Waals surface area contributed by atoms with E-state index >= 15 is 0 Å². The molecule has 1 aromatic carbocycles. The van der Waals surface area contributed by atoms with Crippen molar-refractivity contribution in [3.63, 3.8) is 0 Å². The van der Waals surface area contributed by atoms with Crippen molar-refractivity contribution in [2.24, 2.45) is 0 Å². The SMILES string of the molecule is O=C(NCCCCCc1ccccc1)c1ccn(C2CCCNC2)n1. The topological polar surface area (TPSA) is 59.0 Å². The second-order valence-electron chi connectivity index (χ2n) is 6.73. The molecule has 134 valence electrons. The summed E-state index contributed by atoms with van der Waals surface area (Å²) in [5.41, 5.74) is 1.91. The van der Waals surface area contributed by atoms with E-state index in [1.165, 1.54) is 5.56 Å². The predicted molar refractivity (Wildman–Crippen MR) is 99.7 cm³/mol. The minimum absolute atomic E-state index is 0.0643. The summed E-state index contributed by atoms with van der Waals surface area (Å²) in [6, 6.07) is 12.7. The number of aromatic nitrogens is 2. The number of rotatable bonds is 8. The summed E-state index contributed by atoms with van der Waals surface area (Å²) in [6.07, 6.45) is 8.60. The van der Waals surface area contributed by atoms with Gasteiger partial charge in [0.15, 0.2) is 0 Å². The van der Waals surface area contributed by atoms with Crippen LogP contribution in [0.1, 0.15) is 54.2 Å². The van der Waals surface area contributed by atoms with Crippen LogP contribution in [0.2, 0.25) is 0 Å². The Hall–Kier alpha value is -2.14. The minimum Gasteiger partial charge on any atom is -0.351 e. The van der Waals surface area contributed by atoms with Gasteiger partial charge in [-0.3, -0.25) is 9.48 Å². The van der Waals surface area contributed by atoms with Crippen molar-refractivity contribution < 1.29 is 4.79 Å². The highest BCUT2D eigenvalue weighted by Crippen LogP contribution is 2.15. The molecule has 0 spiro atoms. The molecular weight excluding hydrogens is 312 g/mol. The lowest BCUT2D eigenvalue weighted by Crippen LogP contribution is -2.32. The van der Waals surface area contributed by atoms with Gasteiger partial charge in [0.2, 0.25) is 0 Å². The molecule has 1 fully saturated rings. The highest BCUT2D eigenvalue weighted by Gasteiger charge is 2.17. The second-order valence-corrected chi connectivity index (χ2v) is 6.73. The Labute approximate surface area is 149 Å². The molecule has 1 amide bonds. The van der Waals surface area contributed by atoms with Crippen LogP contribution in [0.25, 0.3) is 0 Å². The Morgan fingerprint density at radius 1 is 1.20 bits per heavy atom. The number of nitrogens with zero attached hydrogens (tertiary/aromatic N) is 2. The number of aryl methyl sites for hydroxylation is 1. The normalized spacial score (nSPS) is 17.4. The standard InChI is InChI=1S/C20H28N4O/c25-20(19-12-15-24(23-19)18-11-7-13-21-16-18)22-14-6-2-5-10-17-8-3-1-4-9-17/h1,3-4,8-9,12,15,18,21H,2,5-7,10-11,13-14,16H2,(H,22,25). The fraction of sp³-hybridized carbons (Fsp3) is 0.500. The molecule has 1 aromatic heterocycles. The Balaban J connectivity index is 1.33.